The minimum atomic E-state index is -0.0768. The maximum absolute atomic E-state index is 12.7. The van der Waals surface area contributed by atoms with Crippen LogP contribution in [0.1, 0.15) is 12.5 Å². The molecular weight excluding hydrogens is 450 g/mol. The Morgan fingerprint density at radius 3 is 2.42 bits per heavy atom. The zero-order valence-corrected chi connectivity index (χ0v) is 19.8. The van der Waals surface area contributed by atoms with Gasteiger partial charge in [-0.2, -0.15) is 0 Å². The van der Waals surface area contributed by atoms with Gasteiger partial charge in [-0.25, -0.2) is 0 Å². The van der Waals surface area contributed by atoms with Crippen LogP contribution in [-0.2, 0) is 11.2 Å². The van der Waals surface area contributed by atoms with Crippen molar-refractivity contribution in [2.24, 2.45) is 0 Å². The molecule has 4 aromatic carbocycles. The van der Waals surface area contributed by atoms with Crippen LogP contribution in [0.5, 0.6) is 11.5 Å². The number of halogens is 1. The fourth-order valence-corrected chi connectivity index (χ4v) is 4.30. The zero-order valence-electron chi connectivity index (χ0n) is 18.3. The lowest BCUT2D eigenvalue weighted by Crippen LogP contribution is -2.14. The van der Waals surface area contributed by atoms with Crippen LogP contribution in [-0.4, -0.2) is 11.7 Å². The second-order valence-electron chi connectivity index (χ2n) is 7.44. The molecule has 0 fully saturated rings. The number of benzene rings is 4. The van der Waals surface area contributed by atoms with Gasteiger partial charge in [-0.15, -0.1) is 11.8 Å². The Kier molecular flexibility index (Phi) is 7.71. The number of hydrogen-bond donors (Lipinski definition) is 1. The average molecular weight is 474 g/mol. The van der Waals surface area contributed by atoms with Crippen molar-refractivity contribution in [3.8, 4) is 22.6 Å². The summed E-state index contributed by atoms with van der Waals surface area (Å²) in [5.74, 6) is 2.22. The molecule has 33 heavy (non-hydrogen) atoms. The zero-order chi connectivity index (χ0) is 23.0. The molecule has 0 aliphatic rings. The van der Waals surface area contributed by atoms with Gasteiger partial charge in [-0.05, 0) is 59.3 Å². The molecule has 1 N–H and O–H groups in total. The molecule has 0 aliphatic heterocycles. The summed E-state index contributed by atoms with van der Waals surface area (Å²) in [6.07, 6.45) is 0.308. The van der Waals surface area contributed by atoms with Gasteiger partial charge in [0.15, 0.2) is 0 Å². The molecular formula is C28H24ClNO2S. The minimum absolute atomic E-state index is 0.0768. The topological polar surface area (TPSA) is 38.3 Å². The highest BCUT2D eigenvalue weighted by Gasteiger charge is 2.12. The molecule has 0 saturated heterocycles. The van der Waals surface area contributed by atoms with Crippen molar-refractivity contribution < 1.29 is 9.53 Å². The van der Waals surface area contributed by atoms with Gasteiger partial charge in [0.25, 0.3) is 0 Å². The van der Waals surface area contributed by atoms with Gasteiger partial charge in [0, 0.05) is 27.2 Å². The van der Waals surface area contributed by atoms with Gasteiger partial charge in [-0.3, -0.25) is 4.79 Å². The molecule has 0 saturated carbocycles. The molecule has 4 rings (SSSR count). The van der Waals surface area contributed by atoms with Gasteiger partial charge in [-0.1, -0.05) is 67.1 Å². The Hall–Kier alpha value is -3.21. The van der Waals surface area contributed by atoms with Crippen LogP contribution in [0.4, 0.5) is 5.69 Å². The minimum Gasteiger partial charge on any atom is -0.457 e. The maximum Gasteiger partial charge on any atom is 0.228 e. The van der Waals surface area contributed by atoms with Crippen LogP contribution < -0.4 is 10.1 Å². The molecule has 0 spiro atoms. The first-order valence-electron chi connectivity index (χ1n) is 10.7. The van der Waals surface area contributed by atoms with E-state index >= 15 is 0 Å². The van der Waals surface area contributed by atoms with Crippen LogP contribution in [0.25, 0.3) is 11.1 Å². The predicted molar refractivity (Wildman–Crippen MR) is 139 cm³/mol. The van der Waals surface area contributed by atoms with Crippen LogP contribution in [0.3, 0.4) is 0 Å². The Bertz CT molecular complexity index is 1230. The third-order valence-electron chi connectivity index (χ3n) is 4.97. The van der Waals surface area contributed by atoms with Gasteiger partial charge >= 0.3 is 0 Å². The molecule has 0 radical (unpaired) electrons. The van der Waals surface area contributed by atoms with Crippen molar-refractivity contribution in [1.82, 2.24) is 0 Å². The summed E-state index contributed by atoms with van der Waals surface area (Å²) in [4.78, 5) is 13.9. The third-order valence-corrected chi connectivity index (χ3v) is 6.10. The summed E-state index contributed by atoms with van der Waals surface area (Å²) in [5, 5.41) is 3.59. The first-order chi connectivity index (χ1) is 16.1. The monoisotopic (exact) mass is 473 g/mol. The summed E-state index contributed by atoms with van der Waals surface area (Å²) in [7, 11) is 0. The first-order valence-corrected chi connectivity index (χ1v) is 12.1. The van der Waals surface area contributed by atoms with E-state index in [1.54, 1.807) is 23.9 Å². The van der Waals surface area contributed by atoms with E-state index in [0.29, 0.717) is 28.6 Å². The molecule has 3 nitrogen and oxygen atoms in total. The molecule has 4 aromatic rings. The SMILES string of the molecule is CCSc1ccc(CC(=O)Nc2ccc(-c3ccccc3)c(Oc3cccc(Cl)c3)c2)cc1. The van der Waals surface area contributed by atoms with Crippen molar-refractivity contribution in [3.63, 3.8) is 0 Å². The molecule has 0 aromatic heterocycles. The quantitative estimate of drug-likeness (QED) is 0.263. The van der Waals surface area contributed by atoms with E-state index in [9.17, 15) is 4.79 Å². The summed E-state index contributed by atoms with van der Waals surface area (Å²) >= 11 is 7.92. The second kappa shape index (κ2) is 11.1. The van der Waals surface area contributed by atoms with Crippen molar-refractivity contribution in [2.45, 2.75) is 18.2 Å². The van der Waals surface area contributed by atoms with Crippen molar-refractivity contribution in [2.75, 3.05) is 11.1 Å². The summed E-state index contributed by atoms with van der Waals surface area (Å²) in [6, 6.07) is 31.1. The Morgan fingerprint density at radius 2 is 1.70 bits per heavy atom. The largest absolute Gasteiger partial charge is 0.457 e. The number of rotatable bonds is 8. The van der Waals surface area contributed by atoms with E-state index in [-0.39, 0.29) is 5.91 Å². The molecule has 5 heteroatoms. The summed E-state index contributed by atoms with van der Waals surface area (Å²) < 4.78 is 6.18. The number of carbonyl (C=O) groups excluding carboxylic acids is 1. The standard InChI is InChI=1S/C28H24ClNO2S/c1-2-33-25-14-11-20(12-15-25)17-28(31)30-23-13-16-26(21-7-4-3-5-8-21)27(19-23)32-24-10-6-9-22(29)18-24/h3-16,18-19H,2,17H2,1H3,(H,30,31). The number of amides is 1. The number of anilines is 1. The molecule has 0 atom stereocenters. The number of carbonyl (C=O) groups is 1. The fraction of sp³-hybridized carbons (Fsp3) is 0.107. The van der Waals surface area contributed by atoms with E-state index in [2.05, 4.69) is 24.4 Å². The van der Waals surface area contributed by atoms with Crippen molar-refractivity contribution in [1.29, 1.82) is 0 Å². The lowest BCUT2D eigenvalue weighted by atomic mass is 10.0. The maximum atomic E-state index is 12.7. The van der Waals surface area contributed by atoms with Crippen molar-refractivity contribution >= 4 is 35.0 Å². The Balaban J connectivity index is 1.55. The first kappa shape index (κ1) is 23.0. The second-order valence-corrected chi connectivity index (χ2v) is 9.21. The van der Waals surface area contributed by atoms with Gasteiger partial charge in [0.05, 0.1) is 6.42 Å². The lowest BCUT2D eigenvalue weighted by Gasteiger charge is -2.14. The predicted octanol–water partition coefficient (Wildman–Crippen LogP) is 8.09. The smallest absolute Gasteiger partial charge is 0.228 e. The highest BCUT2D eigenvalue weighted by molar-refractivity contribution is 7.99. The van der Waals surface area contributed by atoms with E-state index in [1.165, 1.54) is 4.90 Å². The lowest BCUT2D eigenvalue weighted by molar-refractivity contribution is -0.115. The molecule has 0 unspecified atom stereocenters. The van der Waals surface area contributed by atoms with E-state index in [4.69, 9.17) is 16.3 Å². The Labute approximate surface area is 203 Å². The van der Waals surface area contributed by atoms with Gasteiger partial charge < -0.3 is 10.1 Å². The number of hydrogen-bond acceptors (Lipinski definition) is 3. The van der Waals surface area contributed by atoms with E-state index in [0.717, 1.165) is 22.4 Å². The molecule has 0 aliphatic carbocycles. The van der Waals surface area contributed by atoms with E-state index in [1.807, 2.05) is 72.8 Å². The van der Waals surface area contributed by atoms with E-state index < -0.39 is 0 Å². The normalized spacial score (nSPS) is 10.6. The number of ether oxygens (including phenoxy) is 1. The molecule has 0 bridgehead atoms. The van der Waals surface area contributed by atoms with Crippen LogP contribution in [0.15, 0.2) is 102 Å². The highest BCUT2D eigenvalue weighted by Crippen LogP contribution is 2.36. The third kappa shape index (κ3) is 6.41. The van der Waals surface area contributed by atoms with Crippen LogP contribution >= 0.6 is 23.4 Å². The molecule has 0 heterocycles. The Morgan fingerprint density at radius 1 is 0.909 bits per heavy atom. The van der Waals surface area contributed by atoms with Crippen LogP contribution in [0, 0.1) is 0 Å². The number of nitrogens with one attached hydrogen (secondary N) is 1. The molecule has 166 valence electrons. The van der Waals surface area contributed by atoms with Gasteiger partial charge in [0.2, 0.25) is 5.91 Å². The van der Waals surface area contributed by atoms with Crippen molar-refractivity contribution in [3.05, 3.63) is 108 Å². The van der Waals surface area contributed by atoms with Gasteiger partial charge in [0.1, 0.15) is 11.5 Å². The fourth-order valence-electron chi connectivity index (χ4n) is 3.46. The number of thioether (sulfide) groups is 1. The summed E-state index contributed by atoms with van der Waals surface area (Å²) in [6.45, 7) is 2.12. The summed E-state index contributed by atoms with van der Waals surface area (Å²) in [5.41, 5.74) is 3.61. The molecule has 1 amide bonds. The van der Waals surface area contributed by atoms with Crippen LogP contribution in [0.2, 0.25) is 5.02 Å². The average Bonchev–Trinajstić information content (AvgIpc) is 2.81. The highest BCUT2D eigenvalue weighted by atomic mass is 35.5.